The van der Waals surface area contributed by atoms with E-state index in [0.717, 1.165) is 72.7 Å². The van der Waals surface area contributed by atoms with Crippen LogP contribution in [0.4, 0.5) is 0 Å². The molecule has 6 heterocycles. The Hall–Kier alpha value is -3.64. The quantitative estimate of drug-likeness (QED) is 0.118. The number of H-pyrrole nitrogens is 2. The van der Waals surface area contributed by atoms with Crippen molar-refractivity contribution in [2.24, 2.45) is 11.8 Å². The SMILES string of the molecule is CC1=C([C@H]2C[SH+]2)C(=O)N[C@@H]1/C=c1/[nH]/c(=C\c2[nH]c(/C=C3\NC(=O)[C@H](C)[C@H]3[C@@H]3C[SH+]3)c(C)c2CCC(=O)O)c(CCC(=O)O)c1C. The van der Waals surface area contributed by atoms with E-state index in [1.54, 1.807) is 0 Å². The maximum absolute atomic E-state index is 12.7. The number of hydrogen-bond donors (Lipinski definition) is 6. The van der Waals surface area contributed by atoms with Gasteiger partial charge in [-0.2, -0.15) is 0 Å². The van der Waals surface area contributed by atoms with Crippen LogP contribution >= 0.6 is 0 Å². The third-order valence-electron chi connectivity index (χ3n) is 9.51. The fraction of sp³-hybridized carbons (Fsp3) is 0.455. The van der Waals surface area contributed by atoms with Gasteiger partial charge in [-0.05, 0) is 103 Å². The molecule has 2 amide bonds. The largest absolute Gasteiger partial charge is 0.481 e. The number of carboxylic acid groups (broad SMARTS) is 2. The average molecular weight is 653 g/mol. The molecule has 10 nitrogen and oxygen atoms in total. The highest BCUT2D eigenvalue weighted by atomic mass is 32.2. The first kappa shape index (κ1) is 31.3. The first-order valence-electron chi connectivity index (χ1n) is 15.4. The number of rotatable bonds is 11. The number of carbonyl (C=O) groups excluding carboxylic acids is 2. The number of amides is 2. The molecule has 45 heavy (non-hydrogen) atoms. The van der Waals surface area contributed by atoms with Crippen molar-refractivity contribution in [1.29, 1.82) is 0 Å². The van der Waals surface area contributed by atoms with Crippen LogP contribution < -0.4 is 21.3 Å². The second-order valence-corrected chi connectivity index (χ2v) is 15.2. The summed E-state index contributed by atoms with van der Waals surface area (Å²) in [6.45, 7) is 7.87. The number of carboxylic acids is 2. The van der Waals surface area contributed by atoms with Crippen LogP contribution in [-0.2, 0) is 55.5 Å². The fourth-order valence-corrected chi connectivity index (χ4v) is 8.50. The number of aromatic amines is 2. The van der Waals surface area contributed by atoms with Gasteiger partial charge in [0.05, 0.1) is 17.5 Å². The Bertz CT molecular complexity index is 1790. The maximum Gasteiger partial charge on any atom is 0.303 e. The van der Waals surface area contributed by atoms with E-state index < -0.39 is 11.9 Å². The van der Waals surface area contributed by atoms with E-state index in [9.17, 15) is 29.4 Å². The Morgan fingerprint density at radius 1 is 0.889 bits per heavy atom. The van der Waals surface area contributed by atoms with Crippen molar-refractivity contribution in [2.45, 2.75) is 69.9 Å². The van der Waals surface area contributed by atoms with Crippen molar-refractivity contribution >= 4 is 65.5 Å². The van der Waals surface area contributed by atoms with Gasteiger partial charge in [-0.3, -0.25) is 19.2 Å². The van der Waals surface area contributed by atoms with E-state index in [-0.39, 0.29) is 42.5 Å². The van der Waals surface area contributed by atoms with E-state index in [1.165, 1.54) is 23.5 Å². The van der Waals surface area contributed by atoms with Gasteiger partial charge < -0.3 is 30.8 Å². The van der Waals surface area contributed by atoms with Gasteiger partial charge in [-0.25, -0.2) is 0 Å². The highest BCUT2D eigenvalue weighted by Crippen LogP contribution is 2.38. The molecule has 0 aliphatic carbocycles. The summed E-state index contributed by atoms with van der Waals surface area (Å²) in [5.41, 5.74) is 7.89. The Kier molecular flexibility index (Phi) is 8.55. The van der Waals surface area contributed by atoms with Crippen LogP contribution in [-0.4, -0.2) is 72.0 Å². The standard InChI is InChI=1S/C33H38N4O6S2/c1-14-18(5-7-28(38)39)23(34-20(14)9-22-16(3)31(27-13-45-27)33(43)36-22)11-24-19(6-8-29(40)41)15(2)21(35-24)10-25-30(26-12-44-26)17(4)32(42)37-25/h9-11,17,22,26-27,30,34-35H,5-8,12-13H2,1-4H3,(H,36,43)(H,37,42)(H,38,39)(H,40,41)/p+2/b20-9+,23-11-,25-10-/t17-,22-,26+,27-,30-/m1/s1. The van der Waals surface area contributed by atoms with Gasteiger partial charge in [0.15, 0.2) is 22.0 Å². The molecule has 12 heteroatoms. The molecule has 2 aromatic heterocycles. The number of aromatic nitrogens is 2. The van der Waals surface area contributed by atoms with E-state index in [1.807, 2.05) is 45.9 Å². The molecule has 0 bridgehead atoms. The molecule has 0 unspecified atom stereocenters. The summed E-state index contributed by atoms with van der Waals surface area (Å²) in [6.07, 6.45) is 6.46. The van der Waals surface area contributed by atoms with Gasteiger partial charge in [0, 0.05) is 46.5 Å². The average Bonchev–Trinajstić information content (AvgIpc) is 3.89. The molecule has 0 saturated carbocycles. The van der Waals surface area contributed by atoms with Crippen LogP contribution in [0.2, 0.25) is 0 Å². The highest BCUT2D eigenvalue weighted by molar-refractivity contribution is 7.87. The van der Waals surface area contributed by atoms with Gasteiger partial charge in [0.1, 0.15) is 0 Å². The van der Waals surface area contributed by atoms with Crippen LogP contribution in [0, 0.1) is 25.7 Å². The van der Waals surface area contributed by atoms with E-state index >= 15 is 0 Å². The Morgan fingerprint density at radius 3 is 2.18 bits per heavy atom. The molecule has 0 radical (unpaired) electrons. The maximum atomic E-state index is 12.7. The summed E-state index contributed by atoms with van der Waals surface area (Å²) in [6, 6.07) is -0.249. The molecule has 4 aliphatic heterocycles. The van der Waals surface area contributed by atoms with Crippen LogP contribution in [0.1, 0.15) is 60.3 Å². The first-order valence-corrected chi connectivity index (χ1v) is 17.7. The fourth-order valence-electron chi connectivity index (χ4n) is 6.71. The van der Waals surface area contributed by atoms with Crippen LogP contribution in [0.3, 0.4) is 0 Å². The summed E-state index contributed by atoms with van der Waals surface area (Å²) < 4.78 is 0. The predicted octanol–water partition coefficient (Wildman–Crippen LogP) is 0.535. The molecule has 238 valence electrons. The topological polar surface area (TPSA) is 164 Å². The summed E-state index contributed by atoms with van der Waals surface area (Å²) in [4.78, 5) is 55.4. The lowest BCUT2D eigenvalue weighted by atomic mass is 9.91. The lowest BCUT2D eigenvalue weighted by molar-refractivity contribution is -0.138. The van der Waals surface area contributed by atoms with Crippen molar-refractivity contribution in [3.8, 4) is 0 Å². The first-order chi connectivity index (χ1) is 21.4. The molecule has 4 aliphatic rings. The van der Waals surface area contributed by atoms with Gasteiger partial charge in [-0.15, -0.1) is 0 Å². The minimum absolute atomic E-state index is 0.0197. The van der Waals surface area contributed by atoms with E-state index in [4.69, 9.17) is 0 Å². The molecule has 0 aromatic carbocycles. The second-order valence-electron chi connectivity index (χ2n) is 12.5. The molecule has 6 N–H and O–H groups in total. The van der Waals surface area contributed by atoms with Crippen molar-refractivity contribution in [2.75, 3.05) is 11.5 Å². The number of nitrogens with one attached hydrogen (secondary N) is 4. The minimum atomic E-state index is -0.897. The molecule has 3 saturated heterocycles. The number of thiol groups is 2. The van der Waals surface area contributed by atoms with Gasteiger partial charge in [0.2, 0.25) is 5.91 Å². The summed E-state index contributed by atoms with van der Waals surface area (Å²) in [7, 11) is 0. The number of allylic oxidation sites excluding steroid dienone is 1. The van der Waals surface area contributed by atoms with Crippen molar-refractivity contribution in [3.63, 3.8) is 0 Å². The third-order valence-corrected chi connectivity index (χ3v) is 11.6. The van der Waals surface area contributed by atoms with Crippen molar-refractivity contribution < 1.29 is 29.4 Å². The summed E-state index contributed by atoms with van der Waals surface area (Å²) in [5.74, 6) is 0.347. The van der Waals surface area contributed by atoms with Crippen LogP contribution in [0.15, 0.2) is 16.8 Å². The van der Waals surface area contributed by atoms with Crippen molar-refractivity contribution in [3.05, 3.63) is 61.2 Å². The summed E-state index contributed by atoms with van der Waals surface area (Å²) >= 11 is 2.64. The van der Waals surface area contributed by atoms with Crippen LogP contribution in [0.25, 0.3) is 18.2 Å². The second kappa shape index (κ2) is 12.3. The highest BCUT2D eigenvalue weighted by Gasteiger charge is 2.52. The van der Waals surface area contributed by atoms with Gasteiger partial charge in [0.25, 0.3) is 5.91 Å². The Morgan fingerprint density at radius 2 is 1.56 bits per heavy atom. The summed E-state index contributed by atoms with van der Waals surface area (Å²) in [5, 5.41) is 27.5. The molecular weight excluding hydrogens is 613 g/mol. The monoisotopic (exact) mass is 652 g/mol. The Labute approximate surface area is 269 Å². The molecule has 5 atom stereocenters. The zero-order chi connectivity index (χ0) is 32.2. The van der Waals surface area contributed by atoms with E-state index in [0.29, 0.717) is 23.3 Å². The zero-order valence-corrected chi connectivity index (χ0v) is 27.6. The molecule has 3 fully saturated rings. The third kappa shape index (κ3) is 6.40. The van der Waals surface area contributed by atoms with Crippen LogP contribution in [0.5, 0.6) is 0 Å². The normalized spacial score (nSPS) is 27.5. The molecule has 0 spiro atoms. The van der Waals surface area contributed by atoms with Gasteiger partial charge >= 0.3 is 11.9 Å². The predicted molar refractivity (Wildman–Crippen MR) is 178 cm³/mol. The van der Waals surface area contributed by atoms with E-state index in [2.05, 4.69) is 20.6 Å². The molecular formula is C33H40N4O6S2+2. The lowest BCUT2D eigenvalue weighted by Gasteiger charge is -2.08. The molecule has 2 aromatic rings. The van der Waals surface area contributed by atoms with Crippen molar-refractivity contribution in [1.82, 2.24) is 20.6 Å². The number of aliphatic carboxylic acids is 2. The molecule has 6 rings (SSSR count). The lowest BCUT2D eigenvalue weighted by Crippen LogP contribution is -2.29. The Balaban J connectivity index is 1.45. The number of carbonyl (C=O) groups is 4. The van der Waals surface area contributed by atoms with Gasteiger partial charge in [-0.1, -0.05) is 6.92 Å². The number of hydrogen-bond acceptors (Lipinski definition) is 4. The minimum Gasteiger partial charge on any atom is -0.481 e. The zero-order valence-electron chi connectivity index (χ0n) is 25.8. The smallest absolute Gasteiger partial charge is 0.303 e.